The van der Waals surface area contributed by atoms with Gasteiger partial charge in [0.05, 0.1) is 11.9 Å². The number of carbonyl (C=O) groups is 3. The molecule has 0 radical (unpaired) electrons. The molecule has 0 aliphatic carbocycles. The number of piperidine rings is 2. The average molecular weight is 575 g/mol. The van der Waals surface area contributed by atoms with Crippen molar-refractivity contribution in [2.24, 2.45) is 23.7 Å². The van der Waals surface area contributed by atoms with E-state index in [0.29, 0.717) is 56.1 Å². The van der Waals surface area contributed by atoms with Crippen LogP contribution in [0.2, 0.25) is 0 Å². The van der Waals surface area contributed by atoms with E-state index < -0.39 is 10.0 Å². The Morgan fingerprint density at radius 1 is 1.05 bits per heavy atom. The summed E-state index contributed by atoms with van der Waals surface area (Å²) in [6, 6.07) is 6.83. The van der Waals surface area contributed by atoms with Crippen LogP contribution >= 0.6 is 0 Å². The average Bonchev–Trinajstić information content (AvgIpc) is 2.90. The molecule has 3 heterocycles. The summed E-state index contributed by atoms with van der Waals surface area (Å²) < 4.78 is 24.9. The van der Waals surface area contributed by atoms with Crippen LogP contribution in [0.15, 0.2) is 24.3 Å². The summed E-state index contributed by atoms with van der Waals surface area (Å²) in [5, 5.41) is 3.23. The van der Waals surface area contributed by atoms with Crippen molar-refractivity contribution in [2.75, 3.05) is 37.2 Å². The van der Waals surface area contributed by atoms with Crippen molar-refractivity contribution >= 4 is 33.4 Å². The largest absolute Gasteiger partial charge is 0.353 e. The molecule has 0 unspecified atom stereocenters. The normalized spacial score (nSPS) is 28.6. The van der Waals surface area contributed by atoms with Crippen LogP contribution in [0.3, 0.4) is 0 Å². The molecule has 3 aliphatic rings. The number of nitrogens with zero attached hydrogens (tertiary/aromatic N) is 3. The summed E-state index contributed by atoms with van der Waals surface area (Å²) in [6.45, 7) is 8.23. The van der Waals surface area contributed by atoms with E-state index in [0.717, 1.165) is 31.9 Å². The number of fused-ring (bicyclic) bond motifs is 4. The Kier molecular flexibility index (Phi) is 9.47. The highest BCUT2D eigenvalue weighted by Crippen LogP contribution is 2.37. The van der Waals surface area contributed by atoms with Gasteiger partial charge in [0.15, 0.2) is 0 Å². The lowest BCUT2D eigenvalue weighted by atomic mass is 9.77. The molecule has 3 amide bonds. The van der Waals surface area contributed by atoms with E-state index in [-0.39, 0.29) is 47.6 Å². The third kappa shape index (κ3) is 7.17. The maximum Gasteiger partial charge on any atom is 0.253 e. The molecule has 10 heteroatoms. The van der Waals surface area contributed by atoms with Gasteiger partial charge in [0.25, 0.3) is 5.91 Å². The first kappa shape index (κ1) is 30.3. The molecule has 0 aromatic heterocycles. The van der Waals surface area contributed by atoms with Gasteiger partial charge >= 0.3 is 0 Å². The quantitative estimate of drug-likeness (QED) is 0.593. The number of likely N-dealkylation sites (tertiary alicyclic amines) is 1. The van der Waals surface area contributed by atoms with E-state index in [9.17, 15) is 22.8 Å². The van der Waals surface area contributed by atoms with Gasteiger partial charge in [-0.1, -0.05) is 20.8 Å². The summed E-state index contributed by atoms with van der Waals surface area (Å²) in [7, 11) is -1.90. The standard InChI is InChI=1S/C30H46N4O5S/c1-20(2)26-14-9-21(3)15-29(36)34-18-22-16-24(27(34)7-6-8-28(35)31-26)19-33(17-22)30(37)23-10-12-25(13-11-23)32(4)40(5,38)39/h10-13,20-22,24,26-27H,6-9,14-19H2,1-5H3,(H,31,35)/t21-,22+,24+,26+,27+/m1/s1. The molecule has 3 saturated heterocycles. The fourth-order valence-electron chi connectivity index (χ4n) is 6.66. The zero-order valence-corrected chi connectivity index (χ0v) is 25.5. The van der Waals surface area contributed by atoms with Gasteiger partial charge in [-0.2, -0.15) is 0 Å². The Hall–Kier alpha value is -2.62. The van der Waals surface area contributed by atoms with Crippen LogP contribution in [0.1, 0.15) is 76.1 Å². The number of benzene rings is 1. The molecule has 222 valence electrons. The fourth-order valence-corrected chi connectivity index (χ4v) is 7.17. The van der Waals surface area contributed by atoms with Crippen LogP contribution in [0, 0.1) is 23.7 Å². The Balaban J connectivity index is 1.49. The molecule has 3 fully saturated rings. The summed E-state index contributed by atoms with van der Waals surface area (Å²) in [6.07, 6.45) is 6.35. The number of sulfonamides is 1. The molecule has 0 saturated carbocycles. The molecule has 1 aromatic rings. The van der Waals surface area contributed by atoms with Gasteiger partial charge in [-0.3, -0.25) is 18.7 Å². The van der Waals surface area contributed by atoms with Crippen molar-refractivity contribution in [1.29, 1.82) is 0 Å². The number of anilines is 1. The van der Waals surface area contributed by atoms with Crippen LogP contribution in [-0.4, -0.2) is 81.0 Å². The maximum absolute atomic E-state index is 13.6. The molecule has 3 aliphatic heterocycles. The van der Waals surface area contributed by atoms with Crippen LogP contribution in [0.25, 0.3) is 0 Å². The van der Waals surface area contributed by atoms with Gasteiger partial charge in [0.1, 0.15) is 0 Å². The number of amides is 3. The third-order valence-corrected chi connectivity index (χ3v) is 10.3. The summed E-state index contributed by atoms with van der Waals surface area (Å²) in [5.74, 6) is 1.21. The first-order valence-corrected chi connectivity index (χ1v) is 16.6. The number of hydrogen-bond acceptors (Lipinski definition) is 5. The van der Waals surface area contributed by atoms with E-state index in [1.807, 2.05) is 4.90 Å². The van der Waals surface area contributed by atoms with Crippen LogP contribution in [-0.2, 0) is 19.6 Å². The lowest BCUT2D eigenvalue weighted by Crippen LogP contribution is -2.60. The van der Waals surface area contributed by atoms with E-state index >= 15 is 0 Å². The topological polar surface area (TPSA) is 107 Å². The predicted molar refractivity (Wildman–Crippen MR) is 156 cm³/mol. The molecule has 0 spiro atoms. The van der Waals surface area contributed by atoms with Crippen molar-refractivity contribution in [3.63, 3.8) is 0 Å². The molecule has 9 nitrogen and oxygen atoms in total. The summed E-state index contributed by atoms with van der Waals surface area (Å²) in [5.41, 5.74) is 1.03. The highest BCUT2D eigenvalue weighted by Gasteiger charge is 2.43. The molecule has 1 aromatic carbocycles. The van der Waals surface area contributed by atoms with Gasteiger partial charge in [0.2, 0.25) is 21.8 Å². The first-order valence-electron chi connectivity index (χ1n) is 14.8. The second kappa shape index (κ2) is 12.5. The van der Waals surface area contributed by atoms with E-state index in [1.165, 1.54) is 11.4 Å². The van der Waals surface area contributed by atoms with Crippen molar-refractivity contribution in [3.8, 4) is 0 Å². The number of nitrogens with one attached hydrogen (secondary N) is 1. The Morgan fingerprint density at radius 3 is 2.40 bits per heavy atom. The Bertz CT molecular complexity index is 1180. The Morgan fingerprint density at radius 2 is 1.75 bits per heavy atom. The molecule has 5 atom stereocenters. The van der Waals surface area contributed by atoms with Crippen LogP contribution < -0.4 is 9.62 Å². The molecular formula is C30H46N4O5S. The highest BCUT2D eigenvalue weighted by molar-refractivity contribution is 7.92. The van der Waals surface area contributed by atoms with Gasteiger partial charge in [-0.25, -0.2) is 8.42 Å². The lowest BCUT2D eigenvalue weighted by molar-refractivity contribution is -0.141. The van der Waals surface area contributed by atoms with Crippen molar-refractivity contribution in [2.45, 2.75) is 77.8 Å². The van der Waals surface area contributed by atoms with E-state index in [4.69, 9.17) is 0 Å². The lowest BCUT2D eigenvalue weighted by Gasteiger charge is -2.51. The van der Waals surface area contributed by atoms with Gasteiger partial charge in [0, 0.05) is 57.2 Å². The smallest absolute Gasteiger partial charge is 0.253 e. The van der Waals surface area contributed by atoms with Crippen LogP contribution in [0.4, 0.5) is 5.69 Å². The van der Waals surface area contributed by atoms with E-state index in [2.05, 4.69) is 31.0 Å². The highest BCUT2D eigenvalue weighted by atomic mass is 32.2. The number of rotatable bonds is 4. The molecule has 4 rings (SSSR count). The zero-order valence-electron chi connectivity index (χ0n) is 24.6. The monoisotopic (exact) mass is 574 g/mol. The van der Waals surface area contributed by atoms with Crippen LogP contribution in [0.5, 0.6) is 0 Å². The predicted octanol–water partition coefficient (Wildman–Crippen LogP) is 3.50. The molecular weight excluding hydrogens is 528 g/mol. The summed E-state index contributed by atoms with van der Waals surface area (Å²) in [4.78, 5) is 43.8. The van der Waals surface area contributed by atoms with Crippen molar-refractivity contribution in [3.05, 3.63) is 29.8 Å². The van der Waals surface area contributed by atoms with Gasteiger partial charge < -0.3 is 15.1 Å². The minimum absolute atomic E-state index is 0.0202. The SMILES string of the molecule is CC(C)[C@@H]1CC[C@@H](C)CC(=O)N2C[C@H]3C[C@@H](CN(C(=O)c4ccc(N(C)S(C)(=O)=O)cc4)C3)[C@@H]2CCCC(=O)N1. The fraction of sp³-hybridized carbons (Fsp3) is 0.700. The van der Waals surface area contributed by atoms with Crippen molar-refractivity contribution in [1.82, 2.24) is 15.1 Å². The number of carbonyl (C=O) groups excluding carboxylic acids is 3. The minimum atomic E-state index is -3.39. The first-order chi connectivity index (χ1) is 18.8. The van der Waals surface area contributed by atoms with Gasteiger partial charge in [-0.05, 0) is 80.0 Å². The Labute approximate surface area is 239 Å². The van der Waals surface area contributed by atoms with Crippen molar-refractivity contribution < 1.29 is 22.8 Å². The number of hydrogen-bond donors (Lipinski definition) is 1. The minimum Gasteiger partial charge on any atom is -0.353 e. The maximum atomic E-state index is 13.6. The third-order valence-electron chi connectivity index (χ3n) is 9.10. The molecule has 40 heavy (non-hydrogen) atoms. The molecule has 1 N–H and O–H groups in total. The molecule has 2 bridgehead atoms. The summed E-state index contributed by atoms with van der Waals surface area (Å²) >= 11 is 0. The zero-order chi connectivity index (χ0) is 29.2. The second-order valence-corrected chi connectivity index (χ2v) is 14.7. The van der Waals surface area contributed by atoms with Gasteiger partial charge in [-0.15, -0.1) is 0 Å². The van der Waals surface area contributed by atoms with E-state index in [1.54, 1.807) is 24.3 Å². The second-order valence-electron chi connectivity index (χ2n) is 12.7.